The second-order valence-corrected chi connectivity index (χ2v) is 6.80. The zero-order valence-corrected chi connectivity index (χ0v) is 12.6. The molecule has 0 spiro atoms. The Bertz CT molecular complexity index is 557. The van der Waals surface area contributed by atoms with Gasteiger partial charge in [0.2, 0.25) is 0 Å². The van der Waals surface area contributed by atoms with Crippen molar-refractivity contribution < 1.29 is 18.3 Å². The van der Waals surface area contributed by atoms with Crippen LogP contribution in [0.5, 0.6) is 0 Å². The van der Waals surface area contributed by atoms with Gasteiger partial charge in [-0.3, -0.25) is 0 Å². The molecule has 0 aromatic heterocycles. The molecule has 0 saturated heterocycles. The Balaban J connectivity index is 2.15. The first kappa shape index (κ1) is 15.7. The van der Waals surface area contributed by atoms with Crippen LogP contribution in [0.25, 0.3) is 0 Å². The molecule has 3 nitrogen and oxygen atoms in total. The number of rotatable bonds is 2. The predicted molar refractivity (Wildman–Crippen MR) is 76.8 cm³/mol. The monoisotopic (exact) mass is 297 g/mol. The van der Waals surface area contributed by atoms with Crippen LogP contribution in [0.4, 0.5) is 14.5 Å². The van der Waals surface area contributed by atoms with Crippen LogP contribution in [0.3, 0.4) is 0 Å². The molecule has 0 amide bonds. The van der Waals surface area contributed by atoms with Gasteiger partial charge in [-0.25, -0.2) is 13.6 Å². The van der Waals surface area contributed by atoms with E-state index < -0.39 is 23.2 Å². The number of hydrogen-bond acceptors (Lipinski definition) is 3. The van der Waals surface area contributed by atoms with Crippen LogP contribution in [-0.4, -0.2) is 12.1 Å². The van der Waals surface area contributed by atoms with Gasteiger partial charge in [0, 0.05) is 0 Å². The summed E-state index contributed by atoms with van der Waals surface area (Å²) >= 11 is 0. The summed E-state index contributed by atoms with van der Waals surface area (Å²) in [6, 6.07) is 1.67. The van der Waals surface area contributed by atoms with E-state index in [0.29, 0.717) is 5.92 Å². The summed E-state index contributed by atoms with van der Waals surface area (Å²) in [6.07, 6.45) is 2.24. The molecule has 1 aromatic carbocycles. The largest absolute Gasteiger partial charge is 0.459 e. The molecule has 0 bridgehead atoms. The van der Waals surface area contributed by atoms with E-state index in [1.165, 1.54) is 0 Å². The van der Waals surface area contributed by atoms with Gasteiger partial charge in [-0.15, -0.1) is 0 Å². The minimum atomic E-state index is -0.926. The molecule has 1 aromatic rings. The van der Waals surface area contributed by atoms with E-state index in [1.54, 1.807) is 0 Å². The van der Waals surface area contributed by atoms with E-state index in [0.717, 1.165) is 31.4 Å². The molecule has 1 aliphatic rings. The third kappa shape index (κ3) is 3.71. The predicted octanol–water partition coefficient (Wildman–Crippen LogP) is 3.92. The summed E-state index contributed by atoms with van der Waals surface area (Å²) < 4.78 is 32.5. The lowest BCUT2D eigenvalue weighted by Crippen LogP contribution is -2.34. The molecular formula is C16H21F2NO2. The highest BCUT2D eigenvalue weighted by Gasteiger charge is 2.34. The maximum atomic E-state index is 13.8. The van der Waals surface area contributed by atoms with Gasteiger partial charge < -0.3 is 10.5 Å². The Morgan fingerprint density at radius 2 is 2.00 bits per heavy atom. The highest BCUT2D eigenvalue weighted by molar-refractivity contribution is 5.91. The number of carbonyl (C=O) groups excluding carboxylic acids is 1. The summed E-state index contributed by atoms with van der Waals surface area (Å²) in [6.45, 7) is 6.33. The average Bonchev–Trinajstić information content (AvgIpc) is 2.30. The van der Waals surface area contributed by atoms with E-state index in [1.807, 2.05) is 0 Å². The maximum Gasteiger partial charge on any atom is 0.341 e. The van der Waals surface area contributed by atoms with Gasteiger partial charge in [-0.05, 0) is 42.7 Å². The van der Waals surface area contributed by atoms with E-state index in [-0.39, 0.29) is 17.2 Å². The van der Waals surface area contributed by atoms with Crippen molar-refractivity contribution in [3.8, 4) is 0 Å². The molecule has 2 unspecified atom stereocenters. The first-order chi connectivity index (χ1) is 9.68. The zero-order chi connectivity index (χ0) is 15.8. The molecular weight excluding hydrogens is 276 g/mol. The molecule has 2 atom stereocenters. The van der Waals surface area contributed by atoms with Crippen molar-refractivity contribution in [2.45, 2.75) is 46.1 Å². The normalized spacial score (nSPS) is 24.6. The summed E-state index contributed by atoms with van der Waals surface area (Å²) in [5, 5.41) is 0. The number of ether oxygens (including phenoxy) is 1. The third-order valence-electron chi connectivity index (χ3n) is 3.91. The molecule has 21 heavy (non-hydrogen) atoms. The molecule has 116 valence electrons. The van der Waals surface area contributed by atoms with Gasteiger partial charge >= 0.3 is 5.97 Å². The van der Waals surface area contributed by atoms with Crippen LogP contribution >= 0.6 is 0 Å². The van der Waals surface area contributed by atoms with Crippen LogP contribution in [0.15, 0.2) is 12.1 Å². The van der Waals surface area contributed by atoms with Crippen LogP contribution < -0.4 is 5.73 Å². The molecule has 0 heterocycles. The Labute approximate surface area is 123 Å². The number of hydrogen-bond donors (Lipinski definition) is 1. The van der Waals surface area contributed by atoms with Crippen molar-refractivity contribution >= 4 is 11.7 Å². The van der Waals surface area contributed by atoms with Gasteiger partial charge in [0.25, 0.3) is 0 Å². The fourth-order valence-electron chi connectivity index (χ4n) is 3.32. The first-order valence-corrected chi connectivity index (χ1v) is 7.13. The smallest absolute Gasteiger partial charge is 0.341 e. The zero-order valence-electron chi connectivity index (χ0n) is 12.6. The molecule has 1 saturated carbocycles. The van der Waals surface area contributed by atoms with E-state index in [9.17, 15) is 13.6 Å². The Hall–Kier alpha value is -1.65. The number of nitrogen functional groups attached to an aromatic ring is 1. The van der Waals surface area contributed by atoms with Crippen molar-refractivity contribution in [2.75, 3.05) is 5.73 Å². The lowest BCUT2D eigenvalue weighted by molar-refractivity contribution is -0.00754. The van der Waals surface area contributed by atoms with Gasteiger partial charge in [0.1, 0.15) is 17.5 Å². The number of halogens is 2. The third-order valence-corrected chi connectivity index (χ3v) is 3.91. The average molecular weight is 297 g/mol. The van der Waals surface area contributed by atoms with E-state index in [4.69, 9.17) is 10.5 Å². The van der Waals surface area contributed by atoms with Crippen molar-refractivity contribution in [3.63, 3.8) is 0 Å². The van der Waals surface area contributed by atoms with Crippen molar-refractivity contribution in [3.05, 3.63) is 29.3 Å². The maximum absolute atomic E-state index is 13.8. The minimum absolute atomic E-state index is 0.0716. The fourth-order valence-corrected chi connectivity index (χ4v) is 3.32. The second-order valence-electron chi connectivity index (χ2n) is 6.80. The minimum Gasteiger partial charge on any atom is -0.459 e. The van der Waals surface area contributed by atoms with Crippen molar-refractivity contribution in [1.29, 1.82) is 0 Å². The second kappa shape index (κ2) is 5.62. The van der Waals surface area contributed by atoms with Crippen LogP contribution in [0.2, 0.25) is 0 Å². The van der Waals surface area contributed by atoms with Gasteiger partial charge in [0.05, 0.1) is 5.69 Å². The topological polar surface area (TPSA) is 52.3 Å². The summed E-state index contributed by atoms with van der Waals surface area (Å²) in [5.41, 5.74) is 4.58. The lowest BCUT2D eigenvalue weighted by Gasteiger charge is -2.38. The Kier molecular flexibility index (Phi) is 4.21. The summed E-state index contributed by atoms with van der Waals surface area (Å²) in [5.74, 6) is -2.11. The Morgan fingerprint density at radius 3 is 2.62 bits per heavy atom. The summed E-state index contributed by atoms with van der Waals surface area (Å²) in [4.78, 5) is 12.1. The Morgan fingerprint density at radius 1 is 1.33 bits per heavy atom. The molecule has 0 aliphatic heterocycles. The molecule has 1 fully saturated rings. The molecule has 5 heteroatoms. The fraction of sp³-hybridized carbons (Fsp3) is 0.562. The van der Waals surface area contributed by atoms with Crippen LogP contribution in [0.1, 0.15) is 50.4 Å². The van der Waals surface area contributed by atoms with Crippen molar-refractivity contribution in [1.82, 2.24) is 0 Å². The number of benzene rings is 1. The lowest BCUT2D eigenvalue weighted by atomic mass is 9.71. The highest BCUT2D eigenvalue weighted by Crippen LogP contribution is 2.40. The van der Waals surface area contributed by atoms with E-state index in [2.05, 4.69) is 20.8 Å². The summed E-state index contributed by atoms with van der Waals surface area (Å²) in [7, 11) is 0. The molecule has 2 rings (SSSR count). The molecule has 0 radical (unpaired) electrons. The standard InChI is InChI=1S/C16H21F2NO2/c1-9-4-11(8-16(2,3)7-9)21-15(20)12-5-10(17)6-13(19)14(12)18/h5-6,9,11H,4,7-8,19H2,1-3H3. The number of nitrogens with two attached hydrogens (primary N) is 1. The van der Waals surface area contributed by atoms with Gasteiger partial charge in [-0.2, -0.15) is 0 Å². The number of carbonyl (C=O) groups is 1. The highest BCUT2D eigenvalue weighted by atomic mass is 19.1. The van der Waals surface area contributed by atoms with Gasteiger partial charge in [0.15, 0.2) is 5.82 Å². The molecule has 1 aliphatic carbocycles. The SMILES string of the molecule is CC1CC(OC(=O)c2cc(F)cc(N)c2F)CC(C)(C)C1. The first-order valence-electron chi connectivity index (χ1n) is 7.13. The van der Waals surface area contributed by atoms with E-state index >= 15 is 0 Å². The quantitative estimate of drug-likeness (QED) is 0.665. The van der Waals surface area contributed by atoms with Crippen LogP contribution in [0, 0.1) is 23.0 Å². The van der Waals surface area contributed by atoms with Crippen molar-refractivity contribution in [2.24, 2.45) is 11.3 Å². The van der Waals surface area contributed by atoms with Gasteiger partial charge in [-0.1, -0.05) is 20.8 Å². The number of esters is 1. The van der Waals surface area contributed by atoms with Crippen LogP contribution in [-0.2, 0) is 4.74 Å². The molecule has 2 N–H and O–H groups in total. The number of anilines is 1.